The number of aliphatic carboxylic acids is 1. The van der Waals surface area contributed by atoms with Gasteiger partial charge in [-0.3, -0.25) is 21.5 Å². The van der Waals surface area contributed by atoms with E-state index in [1.165, 1.54) is 0 Å². The Morgan fingerprint density at radius 3 is 2.64 bits per heavy atom. The smallest absolute Gasteiger partial charge is 0.323 e. The molecule has 0 rings (SSSR count). The molecule has 8 heteroatoms. The van der Waals surface area contributed by atoms with Crippen LogP contribution < -0.4 is 23.1 Å². The normalized spacial score (nSPS) is 14.4. The van der Waals surface area contributed by atoms with E-state index in [0.717, 1.165) is 5.12 Å². The Morgan fingerprint density at radius 1 is 1.57 bits per heavy atom. The summed E-state index contributed by atoms with van der Waals surface area (Å²) >= 11 is 0. The second-order valence-corrected chi connectivity index (χ2v) is 2.67. The first-order valence-electron chi connectivity index (χ1n) is 4.95. The molecule has 0 saturated carbocycles. The maximum Gasteiger partial charge on any atom is 0.323 e. The molecule has 0 aromatic rings. The maximum absolute atomic E-state index is 10.8. The van der Waals surface area contributed by atoms with E-state index < -0.39 is 12.0 Å². The first-order chi connectivity index (χ1) is 7.52. The topological polar surface area (TPSA) is 157 Å². The number of carbonyl (C=O) groups is 1. The van der Waals surface area contributed by atoms with Crippen molar-refractivity contribution in [3.63, 3.8) is 0 Å². The molecule has 0 fully saturated rings. The van der Waals surface area contributed by atoms with Crippen molar-refractivity contribution >= 4 is 11.9 Å². The van der Waals surface area contributed by atoms with Crippen molar-refractivity contribution < 1.29 is 12.7 Å². The summed E-state index contributed by atoms with van der Waals surface area (Å²) < 4.78 is 13.6. The summed E-state index contributed by atoms with van der Waals surface area (Å²) in [7, 11) is 0. The van der Waals surface area contributed by atoms with Crippen LogP contribution in [0.2, 0.25) is 2.82 Å². The SMILES string of the molecule is [2H]NN(N[2H])[C@@H](CCCN=C(N)N)C(=O)O. The largest absolute Gasteiger partial charge is 0.480 e. The number of guanidine groups is 1. The molecular weight excluding hydrogens is 188 g/mol. The fourth-order valence-electron chi connectivity index (χ4n) is 0.856. The van der Waals surface area contributed by atoms with Gasteiger partial charge in [-0.1, -0.05) is 0 Å². The Kier molecular flexibility index (Phi) is 4.02. The Hall–Kier alpha value is -1.38. The lowest BCUT2D eigenvalue weighted by atomic mass is 10.1. The van der Waals surface area contributed by atoms with E-state index in [2.05, 4.69) is 4.99 Å². The van der Waals surface area contributed by atoms with Crippen molar-refractivity contribution in [2.45, 2.75) is 18.9 Å². The summed E-state index contributed by atoms with van der Waals surface area (Å²) in [5.41, 5.74) is 10.2. The van der Waals surface area contributed by atoms with Crippen molar-refractivity contribution in [1.29, 1.82) is 0 Å². The molecule has 0 spiro atoms. The highest BCUT2D eigenvalue weighted by Gasteiger charge is 2.19. The van der Waals surface area contributed by atoms with Gasteiger partial charge in [0.05, 0.1) is 0 Å². The lowest BCUT2D eigenvalue weighted by molar-refractivity contribution is -0.143. The second-order valence-electron chi connectivity index (χ2n) is 2.67. The molecule has 0 unspecified atom stereocenters. The van der Waals surface area contributed by atoms with Gasteiger partial charge >= 0.3 is 5.97 Å². The molecule has 1 atom stereocenters. The maximum atomic E-state index is 10.8. The van der Waals surface area contributed by atoms with Gasteiger partial charge in [-0.15, -0.1) is 0 Å². The molecule has 0 aliphatic carbocycles. The van der Waals surface area contributed by atoms with Gasteiger partial charge < -0.3 is 16.6 Å². The highest BCUT2D eigenvalue weighted by molar-refractivity contribution is 5.75. The molecule has 0 aliphatic rings. The van der Waals surface area contributed by atoms with Gasteiger partial charge in [0.2, 0.25) is 0 Å². The Morgan fingerprint density at radius 2 is 2.21 bits per heavy atom. The minimum atomic E-state index is -1.15. The number of nitrogens with two attached hydrogens (primary N) is 4. The number of hydrazine groups is 2. The number of carboxylic acids is 1. The number of carboxylic acid groups (broad SMARTS) is 1. The predicted molar refractivity (Wildman–Crippen MR) is 51.5 cm³/mol. The van der Waals surface area contributed by atoms with Crippen LogP contribution in [0.4, 0.5) is 0 Å². The molecule has 0 aliphatic heterocycles. The Labute approximate surface area is 84.4 Å². The van der Waals surface area contributed by atoms with Crippen LogP contribution in [0, 0.1) is 0 Å². The van der Waals surface area contributed by atoms with E-state index >= 15 is 0 Å². The molecule has 0 heterocycles. The fourth-order valence-corrected chi connectivity index (χ4v) is 0.856. The van der Waals surface area contributed by atoms with Gasteiger partial charge in [0.15, 0.2) is 5.96 Å². The number of rotatable bonds is 8. The molecule has 8 nitrogen and oxygen atoms in total. The first kappa shape index (κ1) is 9.19. The Bertz CT molecular complexity index is 243. The second kappa shape index (κ2) is 6.13. The Balaban J connectivity index is 4.14. The molecule has 9 N–H and O–H groups in total. The summed E-state index contributed by atoms with van der Waals surface area (Å²) in [6, 6.07) is -1.04. The van der Waals surface area contributed by atoms with Crippen molar-refractivity contribution in [3.8, 4) is 0 Å². The standard InChI is InChI=1S/C6H16N6O2/c7-6(8)11-3-1-2-4(5(13)14)12(9)10/h4H,1-3,9-10H2,(H,13,14)(H4,7,8,11)/t4-/m0/s1/i/hD2. The van der Waals surface area contributed by atoms with Crippen molar-refractivity contribution in [3.05, 3.63) is 0 Å². The van der Waals surface area contributed by atoms with Gasteiger partial charge in [0.25, 0.3) is 0 Å². The molecule has 0 aromatic heterocycles. The molecule has 0 bridgehead atoms. The molecule has 14 heavy (non-hydrogen) atoms. The third kappa shape index (κ3) is 5.30. The molecule has 0 radical (unpaired) electrons. The minimum Gasteiger partial charge on any atom is -0.480 e. The monoisotopic (exact) mass is 206 g/mol. The van der Waals surface area contributed by atoms with Crippen molar-refractivity contribution in [1.82, 2.24) is 5.12 Å². The van der Waals surface area contributed by atoms with Crippen molar-refractivity contribution in [2.24, 2.45) is 28.1 Å². The number of aliphatic imine (C=N–C) groups is 1. The zero-order chi connectivity index (χ0) is 12.6. The fraction of sp³-hybridized carbons (Fsp3) is 0.667. The molecule has 0 amide bonds. The summed E-state index contributed by atoms with van der Waals surface area (Å²) in [5, 5.41) is 9.59. The summed E-state index contributed by atoms with van der Waals surface area (Å²) in [6.07, 6.45) is 0.624. The quantitative estimate of drug-likeness (QED) is 0.0968. The van der Waals surface area contributed by atoms with Crippen LogP contribution in [0.1, 0.15) is 12.8 Å². The number of hydrogen-bond acceptors (Lipinski definition) is 5. The van der Waals surface area contributed by atoms with E-state index in [9.17, 15) is 4.79 Å². The van der Waals surface area contributed by atoms with Crippen LogP contribution in [0.25, 0.3) is 0 Å². The molecule has 0 saturated heterocycles. The summed E-state index contributed by atoms with van der Waals surface area (Å²) in [4.78, 5) is 14.5. The summed E-state index contributed by atoms with van der Waals surface area (Å²) in [5.74, 6) is 2.40. The van der Waals surface area contributed by atoms with Crippen LogP contribution in [0.5, 0.6) is 0 Å². The lowest BCUT2D eigenvalue weighted by Gasteiger charge is -2.18. The van der Waals surface area contributed by atoms with Gasteiger partial charge in [-0.25, -0.2) is 0 Å². The van der Waals surface area contributed by atoms with E-state index in [1.54, 1.807) is 11.7 Å². The highest BCUT2D eigenvalue weighted by atomic mass is 16.4. The van der Waals surface area contributed by atoms with E-state index in [4.69, 9.17) is 19.4 Å². The van der Waals surface area contributed by atoms with Crippen LogP contribution in [0.3, 0.4) is 0 Å². The average Bonchev–Trinajstić information content (AvgIpc) is 2.22. The molecular formula is C6H16N6O2. The van der Waals surface area contributed by atoms with Gasteiger partial charge in [0, 0.05) is 6.54 Å². The van der Waals surface area contributed by atoms with E-state index in [1.807, 2.05) is 0 Å². The van der Waals surface area contributed by atoms with Gasteiger partial charge in [-0.2, -0.15) is 5.12 Å². The number of hydrogen-bond donors (Lipinski definition) is 5. The minimum absolute atomic E-state index is 0.0547. The van der Waals surface area contributed by atoms with Crippen LogP contribution >= 0.6 is 0 Å². The zero-order valence-corrected chi connectivity index (χ0v) is 7.60. The highest BCUT2D eigenvalue weighted by Crippen LogP contribution is 2.00. The number of nitrogens with zero attached hydrogens (tertiary/aromatic N) is 2. The third-order valence-corrected chi connectivity index (χ3v) is 1.53. The average molecular weight is 206 g/mol. The molecule has 0 aromatic carbocycles. The van der Waals surface area contributed by atoms with E-state index in [-0.39, 0.29) is 12.4 Å². The van der Waals surface area contributed by atoms with Gasteiger partial charge in [0.1, 0.15) is 8.87 Å². The molecule has 82 valence electrons. The van der Waals surface area contributed by atoms with Crippen LogP contribution in [0.15, 0.2) is 4.99 Å². The van der Waals surface area contributed by atoms with Crippen molar-refractivity contribution in [2.75, 3.05) is 6.54 Å². The van der Waals surface area contributed by atoms with Crippen LogP contribution in [-0.4, -0.2) is 34.7 Å². The van der Waals surface area contributed by atoms with Crippen LogP contribution in [-0.2, 0) is 4.79 Å². The van der Waals surface area contributed by atoms with Gasteiger partial charge in [-0.05, 0) is 12.8 Å². The lowest BCUT2D eigenvalue weighted by Crippen LogP contribution is -2.50. The van der Waals surface area contributed by atoms with E-state index in [0.29, 0.717) is 13.0 Å². The zero-order valence-electron chi connectivity index (χ0n) is 9.60. The first-order valence-corrected chi connectivity index (χ1v) is 3.95. The third-order valence-electron chi connectivity index (χ3n) is 1.53. The summed E-state index contributed by atoms with van der Waals surface area (Å²) in [6.45, 7) is 0.302. The predicted octanol–water partition coefficient (Wildman–Crippen LogP) is -2.46.